The summed E-state index contributed by atoms with van der Waals surface area (Å²) in [5, 5.41) is 0. The van der Waals surface area contributed by atoms with Gasteiger partial charge in [0.25, 0.3) is 5.56 Å². The summed E-state index contributed by atoms with van der Waals surface area (Å²) in [7, 11) is 0. The lowest BCUT2D eigenvalue weighted by Gasteiger charge is -2.25. The van der Waals surface area contributed by atoms with Gasteiger partial charge in [-0.25, -0.2) is 0 Å². The molecule has 0 spiro atoms. The molecule has 2 heterocycles. The van der Waals surface area contributed by atoms with Crippen LogP contribution in [-0.2, 0) is 25.8 Å². The lowest BCUT2D eigenvalue weighted by molar-refractivity contribution is 0.239. The molecule has 1 fully saturated rings. The van der Waals surface area contributed by atoms with Crippen LogP contribution in [0.2, 0.25) is 0 Å². The number of pyridine rings is 1. The Bertz CT molecular complexity index is 903. The smallest absolute Gasteiger partial charge is 0.251 e. The molecule has 1 aromatic heterocycles. The molecule has 0 saturated carbocycles. The summed E-state index contributed by atoms with van der Waals surface area (Å²) in [5.74, 6) is 0. The van der Waals surface area contributed by atoms with Crippen molar-refractivity contribution in [1.29, 1.82) is 0 Å². The monoisotopic (exact) mass is 362 g/mol. The van der Waals surface area contributed by atoms with Crippen molar-refractivity contribution in [3.8, 4) is 11.3 Å². The molecule has 1 N–H and O–H groups in total. The SMILES string of the molecule is O=c1[nH]c2c(c3c1CCCC3)Cc1c(CN3CCCCCCC3)cccc1-2. The largest absolute Gasteiger partial charge is 0.321 e. The first-order chi connectivity index (χ1) is 13.3. The molecule has 1 aliphatic heterocycles. The van der Waals surface area contributed by atoms with Crippen LogP contribution < -0.4 is 5.56 Å². The molecule has 0 unspecified atom stereocenters. The molecule has 1 aromatic carbocycles. The molecule has 0 atom stereocenters. The Morgan fingerprint density at radius 2 is 1.56 bits per heavy atom. The summed E-state index contributed by atoms with van der Waals surface area (Å²) >= 11 is 0. The maximum atomic E-state index is 12.6. The van der Waals surface area contributed by atoms with Gasteiger partial charge in [-0.05, 0) is 73.9 Å². The molecule has 27 heavy (non-hydrogen) atoms. The third kappa shape index (κ3) is 3.16. The van der Waals surface area contributed by atoms with Crippen LogP contribution in [0.5, 0.6) is 0 Å². The number of fused-ring (bicyclic) bond motifs is 5. The first-order valence-electron chi connectivity index (χ1n) is 10.9. The third-order valence-corrected chi connectivity index (χ3v) is 6.89. The summed E-state index contributed by atoms with van der Waals surface area (Å²) in [4.78, 5) is 18.5. The quantitative estimate of drug-likeness (QED) is 0.724. The molecule has 0 amide bonds. The van der Waals surface area contributed by atoms with E-state index in [-0.39, 0.29) is 5.56 Å². The fourth-order valence-corrected chi connectivity index (χ4v) is 5.44. The number of H-pyrrole nitrogens is 1. The third-order valence-electron chi connectivity index (χ3n) is 6.89. The van der Waals surface area contributed by atoms with E-state index >= 15 is 0 Å². The van der Waals surface area contributed by atoms with E-state index in [0.29, 0.717) is 0 Å². The summed E-state index contributed by atoms with van der Waals surface area (Å²) in [5.41, 5.74) is 9.33. The van der Waals surface area contributed by atoms with Gasteiger partial charge in [-0.1, -0.05) is 37.5 Å². The number of hydrogen-bond acceptors (Lipinski definition) is 2. The van der Waals surface area contributed by atoms with Gasteiger partial charge >= 0.3 is 0 Å². The van der Waals surface area contributed by atoms with Gasteiger partial charge in [-0.15, -0.1) is 0 Å². The van der Waals surface area contributed by atoms with Crippen molar-refractivity contribution < 1.29 is 0 Å². The molecule has 3 aliphatic rings. The van der Waals surface area contributed by atoms with Crippen molar-refractivity contribution >= 4 is 0 Å². The highest BCUT2D eigenvalue weighted by atomic mass is 16.1. The molecule has 2 aliphatic carbocycles. The molecular weight excluding hydrogens is 332 g/mol. The minimum atomic E-state index is 0.158. The Kier molecular flexibility index (Phi) is 4.65. The Morgan fingerprint density at radius 1 is 0.815 bits per heavy atom. The maximum absolute atomic E-state index is 12.6. The normalized spacial score (nSPS) is 19.7. The Morgan fingerprint density at radius 3 is 2.37 bits per heavy atom. The first kappa shape index (κ1) is 17.2. The molecule has 0 bridgehead atoms. The first-order valence-corrected chi connectivity index (χ1v) is 10.9. The van der Waals surface area contributed by atoms with Crippen LogP contribution in [0.15, 0.2) is 23.0 Å². The second-order valence-corrected chi connectivity index (χ2v) is 8.64. The molecule has 142 valence electrons. The van der Waals surface area contributed by atoms with Crippen molar-refractivity contribution in [2.24, 2.45) is 0 Å². The highest BCUT2D eigenvalue weighted by molar-refractivity contribution is 5.76. The van der Waals surface area contributed by atoms with Crippen molar-refractivity contribution in [3.05, 3.63) is 56.4 Å². The number of benzene rings is 1. The molecule has 1 saturated heterocycles. The predicted octanol–water partition coefficient (Wildman–Crippen LogP) is 4.59. The minimum Gasteiger partial charge on any atom is -0.321 e. The summed E-state index contributed by atoms with van der Waals surface area (Å²) in [6, 6.07) is 6.71. The minimum absolute atomic E-state index is 0.158. The molecule has 3 heteroatoms. The van der Waals surface area contributed by atoms with Crippen LogP contribution in [0.4, 0.5) is 0 Å². The van der Waals surface area contributed by atoms with Crippen LogP contribution in [0, 0.1) is 0 Å². The lowest BCUT2D eigenvalue weighted by atomic mass is 9.88. The number of aromatic amines is 1. The van der Waals surface area contributed by atoms with Crippen molar-refractivity contribution in [2.45, 2.75) is 70.8 Å². The van der Waals surface area contributed by atoms with E-state index in [4.69, 9.17) is 0 Å². The van der Waals surface area contributed by atoms with Crippen LogP contribution in [0.3, 0.4) is 0 Å². The summed E-state index contributed by atoms with van der Waals surface area (Å²) < 4.78 is 0. The lowest BCUT2D eigenvalue weighted by Crippen LogP contribution is -2.27. The molecule has 3 nitrogen and oxygen atoms in total. The van der Waals surface area contributed by atoms with E-state index in [1.54, 1.807) is 0 Å². The van der Waals surface area contributed by atoms with Crippen LogP contribution in [0.1, 0.15) is 72.8 Å². The number of rotatable bonds is 2. The van der Waals surface area contributed by atoms with Gasteiger partial charge in [0.2, 0.25) is 0 Å². The second kappa shape index (κ2) is 7.27. The average Bonchev–Trinajstić information content (AvgIpc) is 3.04. The fraction of sp³-hybridized carbons (Fsp3) is 0.542. The standard InChI is InChI=1S/C24H30N2O/c27-24-20-11-5-4-10-18(20)22-15-21-17(9-8-12-19(21)23(22)25-24)16-26-13-6-2-1-3-7-14-26/h8-9,12H,1-7,10-11,13-16H2,(H,25,27). The van der Waals surface area contributed by atoms with Gasteiger partial charge in [0.15, 0.2) is 0 Å². The van der Waals surface area contributed by atoms with Gasteiger partial charge in [-0.2, -0.15) is 0 Å². The fourth-order valence-electron chi connectivity index (χ4n) is 5.44. The highest BCUT2D eigenvalue weighted by Crippen LogP contribution is 2.40. The summed E-state index contributed by atoms with van der Waals surface area (Å²) in [6.45, 7) is 3.51. The van der Waals surface area contributed by atoms with E-state index in [0.717, 1.165) is 43.5 Å². The molecular formula is C24H30N2O. The Labute approximate surface area is 161 Å². The molecule has 5 rings (SSSR count). The van der Waals surface area contributed by atoms with Gasteiger partial charge < -0.3 is 4.98 Å². The highest BCUT2D eigenvalue weighted by Gasteiger charge is 2.28. The molecule has 0 radical (unpaired) electrons. The Hall–Kier alpha value is -1.87. The molecule has 2 aromatic rings. The number of nitrogens with one attached hydrogen (secondary N) is 1. The Balaban J connectivity index is 1.49. The van der Waals surface area contributed by atoms with Crippen LogP contribution in [0.25, 0.3) is 11.3 Å². The number of hydrogen-bond donors (Lipinski definition) is 1. The van der Waals surface area contributed by atoms with E-state index in [9.17, 15) is 4.79 Å². The van der Waals surface area contributed by atoms with Crippen LogP contribution >= 0.6 is 0 Å². The van der Waals surface area contributed by atoms with E-state index < -0.39 is 0 Å². The topological polar surface area (TPSA) is 36.1 Å². The van der Waals surface area contributed by atoms with Gasteiger partial charge in [0.1, 0.15) is 0 Å². The zero-order valence-corrected chi connectivity index (χ0v) is 16.3. The zero-order valence-electron chi connectivity index (χ0n) is 16.3. The zero-order chi connectivity index (χ0) is 18.2. The van der Waals surface area contributed by atoms with E-state index in [1.165, 1.54) is 79.4 Å². The predicted molar refractivity (Wildman–Crippen MR) is 110 cm³/mol. The van der Waals surface area contributed by atoms with Crippen molar-refractivity contribution in [1.82, 2.24) is 9.88 Å². The van der Waals surface area contributed by atoms with E-state index in [2.05, 4.69) is 28.1 Å². The van der Waals surface area contributed by atoms with E-state index in [1.807, 2.05) is 0 Å². The van der Waals surface area contributed by atoms with Gasteiger partial charge in [0.05, 0.1) is 5.69 Å². The second-order valence-electron chi connectivity index (χ2n) is 8.64. The maximum Gasteiger partial charge on any atom is 0.251 e. The number of aromatic nitrogens is 1. The summed E-state index contributed by atoms with van der Waals surface area (Å²) in [6.07, 6.45) is 12.2. The number of likely N-dealkylation sites (tertiary alicyclic amines) is 1. The van der Waals surface area contributed by atoms with Gasteiger partial charge in [0, 0.05) is 24.1 Å². The van der Waals surface area contributed by atoms with Crippen molar-refractivity contribution in [3.63, 3.8) is 0 Å². The van der Waals surface area contributed by atoms with Crippen molar-refractivity contribution in [2.75, 3.05) is 13.1 Å². The number of nitrogens with zero attached hydrogens (tertiary/aromatic N) is 1. The van der Waals surface area contributed by atoms with Crippen LogP contribution in [-0.4, -0.2) is 23.0 Å². The average molecular weight is 363 g/mol. The van der Waals surface area contributed by atoms with Gasteiger partial charge in [-0.3, -0.25) is 9.69 Å².